The first-order valence-corrected chi connectivity index (χ1v) is 27.1. The van der Waals surface area contributed by atoms with E-state index in [2.05, 4.69) is 34.6 Å². The number of nitrogens with two attached hydrogens (primary N) is 4. The molecular weight excluding hydrogens is 807 g/mol. The number of hydrogen-bond donors (Lipinski definition) is 4. The van der Waals surface area contributed by atoms with Crippen molar-refractivity contribution in [1.29, 1.82) is 0 Å². The Balaban J connectivity index is 1.39. The molecule has 0 amide bonds. The Kier molecular flexibility index (Phi) is 21.0. The number of fused-ring (bicyclic) bond motifs is 2. The monoisotopic (exact) mass is 898 g/mol. The Morgan fingerprint density at radius 2 is 1.38 bits per heavy atom. The summed E-state index contributed by atoms with van der Waals surface area (Å²) in [5.41, 5.74) is 25.0. The molecule has 0 aromatic heterocycles. The second kappa shape index (κ2) is 25.3. The largest absolute Gasteiger partial charge is 0.398 e. The van der Waals surface area contributed by atoms with Gasteiger partial charge in [-0.15, -0.1) is 0 Å². The summed E-state index contributed by atoms with van der Waals surface area (Å²) in [4.78, 5) is 0.359. The predicted octanol–water partition coefficient (Wildman–Crippen LogP) is 10.1. The van der Waals surface area contributed by atoms with Crippen molar-refractivity contribution in [2.75, 3.05) is 58.3 Å². The molecule has 1 unspecified atom stereocenters. The van der Waals surface area contributed by atoms with Crippen molar-refractivity contribution in [3.63, 3.8) is 0 Å². The van der Waals surface area contributed by atoms with E-state index in [1.165, 1.54) is 25.7 Å². The molecular formula is C52H91N5O5S. The van der Waals surface area contributed by atoms with Gasteiger partial charge in [-0.2, -0.15) is 4.31 Å². The van der Waals surface area contributed by atoms with Crippen LogP contribution < -0.4 is 22.9 Å². The molecule has 2 aromatic rings. The molecule has 0 aliphatic heterocycles. The number of benzene rings is 2. The summed E-state index contributed by atoms with van der Waals surface area (Å²) in [5, 5.41) is 1.49. The molecule has 0 radical (unpaired) electrons. The highest BCUT2D eigenvalue weighted by molar-refractivity contribution is 7.89. The second-order valence-electron chi connectivity index (χ2n) is 20.4. The van der Waals surface area contributed by atoms with Crippen LogP contribution in [0.5, 0.6) is 0 Å². The van der Waals surface area contributed by atoms with E-state index in [0.29, 0.717) is 97.6 Å². The minimum absolute atomic E-state index is 0.0358. The van der Waals surface area contributed by atoms with Gasteiger partial charge in [0.25, 0.3) is 0 Å². The molecule has 0 saturated heterocycles. The number of nitrogen functional groups attached to an aromatic ring is 1. The van der Waals surface area contributed by atoms with Gasteiger partial charge in [-0.1, -0.05) is 91.0 Å². The Hall–Kier alpha value is -1.83. The van der Waals surface area contributed by atoms with E-state index in [1.807, 2.05) is 30.3 Å². The summed E-state index contributed by atoms with van der Waals surface area (Å²) >= 11 is 0. The van der Waals surface area contributed by atoms with E-state index >= 15 is 0 Å². The quantitative estimate of drug-likeness (QED) is 0.0459. The van der Waals surface area contributed by atoms with Gasteiger partial charge in [0, 0.05) is 54.8 Å². The third-order valence-corrected chi connectivity index (χ3v) is 18.3. The lowest BCUT2D eigenvalue weighted by Gasteiger charge is -2.60. The molecule has 0 bridgehead atoms. The smallest absolute Gasteiger partial charge is 0.243 e. The van der Waals surface area contributed by atoms with Crippen molar-refractivity contribution in [2.45, 2.75) is 180 Å². The van der Waals surface area contributed by atoms with Crippen LogP contribution >= 0.6 is 0 Å². The maximum Gasteiger partial charge on any atom is 0.243 e. The van der Waals surface area contributed by atoms with Gasteiger partial charge in [0.05, 0.1) is 23.2 Å². The molecule has 63 heavy (non-hydrogen) atoms. The third-order valence-electron chi connectivity index (χ3n) is 16.4. The van der Waals surface area contributed by atoms with Gasteiger partial charge in [-0.25, -0.2) is 8.42 Å². The highest BCUT2D eigenvalue weighted by Gasteiger charge is 2.63. The highest BCUT2D eigenvalue weighted by Crippen LogP contribution is 2.66. The molecule has 0 heterocycles. The van der Waals surface area contributed by atoms with E-state index in [9.17, 15) is 8.42 Å². The Labute approximate surface area is 384 Å². The Morgan fingerprint density at radius 1 is 0.746 bits per heavy atom. The molecule has 10 nitrogen and oxygen atoms in total. The topological polar surface area (TPSA) is 169 Å². The molecule has 8 N–H and O–H groups in total. The molecule has 2 aromatic carbocycles. The van der Waals surface area contributed by atoms with Crippen molar-refractivity contribution in [1.82, 2.24) is 4.31 Å². The van der Waals surface area contributed by atoms with Crippen LogP contribution in [-0.4, -0.2) is 83.6 Å². The summed E-state index contributed by atoms with van der Waals surface area (Å²) < 4.78 is 51.5. The standard InChI is InChI=1S/C52H91N5O5S/c1-6-8-9-10-11-12-33-57(63(58,59)48-23-14-20-41-42(48)21-13-22-46(41)56)34-15-19-39(3)43-24-25-44-50(47(7-2)61-36-17-31-54)45(38-49(52(43,44)5)62-37-18-32-55)51(4)28-26-40(27-29-51)60-35-16-30-53/h13-14,20-23,39-40,43-45,47,49-50H,6-12,15-19,24-38,53-56H2,1-5H3/t39-,40-,43-,44+,45+,47-,49+,50?,51+,52-/m1/s1. The zero-order valence-corrected chi connectivity index (χ0v) is 41.2. The van der Waals surface area contributed by atoms with E-state index in [0.717, 1.165) is 108 Å². The van der Waals surface area contributed by atoms with Gasteiger partial charge in [0.2, 0.25) is 10.0 Å². The van der Waals surface area contributed by atoms with Crippen LogP contribution in [0, 0.1) is 40.4 Å². The molecule has 5 rings (SSSR count). The number of nitrogens with zero attached hydrogens (tertiary/aromatic N) is 1. The minimum atomic E-state index is -3.76. The zero-order chi connectivity index (χ0) is 45.5. The third kappa shape index (κ3) is 12.8. The van der Waals surface area contributed by atoms with Gasteiger partial charge >= 0.3 is 0 Å². The lowest BCUT2D eigenvalue weighted by atomic mass is 9.48. The zero-order valence-electron chi connectivity index (χ0n) is 40.4. The summed E-state index contributed by atoms with van der Waals surface area (Å²) in [6.07, 6.45) is 20.6. The fraction of sp³-hybridized carbons (Fsp3) is 0.808. The van der Waals surface area contributed by atoms with Crippen LogP contribution in [0.3, 0.4) is 0 Å². The lowest BCUT2D eigenvalue weighted by molar-refractivity contribution is -0.191. The maximum atomic E-state index is 14.7. The van der Waals surface area contributed by atoms with Crippen molar-refractivity contribution >= 4 is 26.5 Å². The van der Waals surface area contributed by atoms with Gasteiger partial charge in [0.15, 0.2) is 0 Å². The summed E-state index contributed by atoms with van der Waals surface area (Å²) in [6.45, 7) is 17.3. The summed E-state index contributed by atoms with van der Waals surface area (Å²) in [7, 11) is -3.76. The van der Waals surface area contributed by atoms with Crippen molar-refractivity contribution < 1.29 is 22.6 Å². The number of sulfonamides is 1. The van der Waals surface area contributed by atoms with E-state index < -0.39 is 10.0 Å². The molecule has 0 spiro atoms. The Morgan fingerprint density at radius 3 is 2.08 bits per heavy atom. The first-order valence-electron chi connectivity index (χ1n) is 25.6. The number of anilines is 1. The number of ether oxygens (including phenoxy) is 3. The molecule has 360 valence electrons. The molecule has 3 saturated carbocycles. The number of hydrogen-bond acceptors (Lipinski definition) is 9. The van der Waals surface area contributed by atoms with Gasteiger partial charge < -0.3 is 37.1 Å². The molecule has 8 atom stereocenters. The van der Waals surface area contributed by atoms with Crippen molar-refractivity contribution in [3.8, 4) is 0 Å². The fourth-order valence-electron chi connectivity index (χ4n) is 12.8. The maximum absolute atomic E-state index is 14.7. The second-order valence-corrected chi connectivity index (χ2v) is 22.3. The number of rotatable bonds is 29. The van der Waals surface area contributed by atoms with Crippen molar-refractivity contribution in [2.24, 2.45) is 57.6 Å². The van der Waals surface area contributed by atoms with E-state index in [4.69, 9.17) is 37.1 Å². The lowest BCUT2D eigenvalue weighted by Crippen LogP contribution is -2.59. The molecule has 3 fully saturated rings. The van der Waals surface area contributed by atoms with Crippen LogP contribution in [0.4, 0.5) is 5.69 Å². The first-order chi connectivity index (χ1) is 30.4. The van der Waals surface area contributed by atoms with Crippen LogP contribution in [0.25, 0.3) is 10.8 Å². The Bertz CT molecular complexity index is 1740. The first kappa shape index (κ1) is 52.1. The average Bonchev–Trinajstić information content (AvgIpc) is 3.64. The van der Waals surface area contributed by atoms with Gasteiger partial charge in [-0.05, 0) is 157 Å². The summed E-state index contributed by atoms with van der Waals surface area (Å²) in [5.74, 6) is 2.23. The average molecular weight is 898 g/mol. The molecule has 3 aliphatic carbocycles. The summed E-state index contributed by atoms with van der Waals surface area (Å²) in [6, 6.07) is 11.1. The van der Waals surface area contributed by atoms with Crippen LogP contribution in [0.2, 0.25) is 0 Å². The van der Waals surface area contributed by atoms with Gasteiger partial charge in [0.1, 0.15) is 0 Å². The fourth-order valence-corrected chi connectivity index (χ4v) is 14.5. The van der Waals surface area contributed by atoms with Gasteiger partial charge in [-0.3, -0.25) is 0 Å². The van der Waals surface area contributed by atoms with Crippen LogP contribution in [-0.2, 0) is 24.2 Å². The minimum Gasteiger partial charge on any atom is -0.398 e. The normalized spacial score (nSPS) is 28.7. The molecule has 3 aliphatic rings. The highest BCUT2D eigenvalue weighted by atomic mass is 32.2. The SMILES string of the molecule is CCCCCCCCN(CCC[C@@H](C)[C@H]1CC[C@H]2C([C@@H](CC)OCCCN)[C@@H]([C@]3(C)CC[C@H](OCCCN)CC3)C[C@H](OCCCN)[C@]12C)S(=O)(=O)c1cccc2c(N)cccc12. The number of unbranched alkanes of at least 4 members (excludes halogenated alkanes) is 5. The van der Waals surface area contributed by atoms with Crippen LogP contribution in [0.1, 0.15) is 157 Å². The van der Waals surface area contributed by atoms with E-state index in [-0.39, 0.29) is 23.0 Å². The van der Waals surface area contributed by atoms with E-state index in [1.54, 1.807) is 10.4 Å². The predicted molar refractivity (Wildman–Crippen MR) is 262 cm³/mol. The molecule has 11 heteroatoms. The van der Waals surface area contributed by atoms with Crippen molar-refractivity contribution in [3.05, 3.63) is 36.4 Å². The van der Waals surface area contributed by atoms with Crippen LogP contribution in [0.15, 0.2) is 41.3 Å².